The first-order valence-electron chi connectivity index (χ1n) is 4.85. The summed E-state index contributed by atoms with van der Waals surface area (Å²) in [5.41, 5.74) is 4.13. The maximum atomic E-state index is 8.56. The molecule has 0 spiro atoms. The fraction of sp³-hybridized carbons (Fsp3) is 0.0909. The van der Waals surface area contributed by atoms with Crippen molar-refractivity contribution in [2.24, 2.45) is 5.10 Å². The number of hydrazone groups is 1. The second kappa shape index (κ2) is 5.50. The van der Waals surface area contributed by atoms with Gasteiger partial charge in [0.05, 0.1) is 15.9 Å². The molecule has 0 atom stereocenters. The van der Waals surface area contributed by atoms with Gasteiger partial charge in [0, 0.05) is 0 Å². The first-order valence-corrected chi connectivity index (χ1v) is 6.89. The Hall–Kier alpha value is -2.09. The van der Waals surface area contributed by atoms with E-state index in [0.717, 1.165) is 20.2 Å². The van der Waals surface area contributed by atoms with Crippen molar-refractivity contribution in [3.05, 3.63) is 18.2 Å². The van der Waals surface area contributed by atoms with Gasteiger partial charge in [0.25, 0.3) is 0 Å². The number of rotatable bonds is 3. The number of hydrogen-bond acceptors (Lipinski definition) is 7. The van der Waals surface area contributed by atoms with Gasteiger partial charge in [0.15, 0.2) is 4.34 Å². The molecule has 5 nitrogen and oxygen atoms in total. The zero-order valence-corrected chi connectivity index (χ0v) is 11.0. The van der Waals surface area contributed by atoms with Gasteiger partial charge in [-0.1, -0.05) is 11.8 Å². The fourth-order valence-electron chi connectivity index (χ4n) is 1.26. The van der Waals surface area contributed by atoms with Crippen LogP contribution in [0.2, 0.25) is 0 Å². The van der Waals surface area contributed by atoms with E-state index in [2.05, 4.69) is 15.5 Å². The number of nitriles is 2. The molecule has 0 aliphatic heterocycles. The lowest BCUT2D eigenvalue weighted by Crippen LogP contribution is -1.95. The monoisotopic (exact) mass is 273 g/mol. The normalized spacial score (nSPS) is 9.50. The maximum Gasteiger partial charge on any atom is 0.237 e. The molecule has 0 fully saturated rings. The van der Waals surface area contributed by atoms with Crippen LogP contribution in [0.3, 0.4) is 0 Å². The van der Waals surface area contributed by atoms with Gasteiger partial charge in [-0.05, 0) is 24.5 Å². The van der Waals surface area contributed by atoms with Crippen LogP contribution in [0, 0.1) is 22.7 Å². The van der Waals surface area contributed by atoms with Gasteiger partial charge in [-0.2, -0.15) is 15.6 Å². The van der Waals surface area contributed by atoms with Crippen molar-refractivity contribution in [1.29, 1.82) is 10.5 Å². The number of fused-ring (bicyclic) bond motifs is 1. The predicted octanol–water partition coefficient (Wildman–Crippen LogP) is 2.83. The smallest absolute Gasteiger partial charge is 0.237 e. The highest BCUT2D eigenvalue weighted by Gasteiger charge is 2.03. The van der Waals surface area contributed by atoms with Gasteiger partial charge in [-0.15, -0.1) is 11.3 Å². The average Bonchev–Trinajstić information content (AvgIpc) is 2.82. The van der Waals surface area contributed by atoms with Crippen LogP contribution in [0.15, 0.2) is 27.6 Å². The number of nitrogens with zero attached hydrogens (tertiary/aromatic N) is 4. The molecular formula is C11H7N5S2. The summed E-state index contributed by atoms with van der Waals surface area (Å²) in [6.07, 6.45) is 1.98. The number of benzene rings is 1. The largest absolute Gasteiger partial charge is 0.276 e. The Balaban J connectivity index is 2.28. The summed E-state index contributed by atoms with van der Waals surface area (Å²) in [6.45, 7) is 0. The second-order valence-corrected chi connectivity index (χ2v) is 5.25. The minimum Gasteiger partial charge on any atom is -0.276 e. The number of thiazole rings is 1. The van der Waals surface area contributed by atoms with Crippen molar-refractivity contribution >= 4 is 44.7 Å². The van der Waals surface area contributed by atoms with Crippen LogP contribution < -0.4 is 5.43 Å². The van der Waals surface area contributed by atoms with E-state index in [4.69, 9.17) is 10.5 Å². The van der Waals surface area contributed by atoms with Crippen molar-refractivity contribution in [1.82, 2.24) is 4.98 Å². The zero-order valence-electron chi connectivity index (χ0n) is 9.34. The summed E-state index contributed by atoms with van der Waals surface area (Å²) in [4.78, 5) is 4.41. The molecule has 0 radical (unpaired) electrons. The SMILES string of the molecule is CSc1nc2ccc(NN=C(C#N)C#N)cc2s1. The molecule has 2 aromatic rings. The minimum atomic E-state index is -0.204. The molecule has 0 saturated carbocycles. The average molecular weight is 273 g/mol. The third-order valence-electron chi connectivity index (χ3n) is 2.05. The Bertz CT molecular complexity index is 674. The van der Waals surface area contributed by atoms with E-state index in [0.29, 0.717) is 0 Å². The summed E-state index contributed by atoms with van der Waals surface area (Å²) in [7, 11) is 0. The summed E-state index contributed by atoms with van der Waals surface area (Å²) in [5.74, 6) is 0. The van der Waals surface area contributed by atoms with Crippen LogP contribution in [0.5, 0.6) is 0 Å². The molecule has 88 valence electrons. The van der Waals surface area contributed by atoms with Gasteiger partial charge < -0.3 is 0 Å². The third kappa shape index (κ3) is 2.59. The molecule has 1 aromatic heterocycles. The molecule has 0 aliphatic carbocycles. The summed E-state index contributed by atoms with van der Waals surface area (Å²) in [6, 6.07) is 8.95. The molecule has 1 aromatic carbocycles. The van der Waals surface area contributed by atoms with E-state index < -0.39 is 0 Å². The number of nitrogens with one attached hydrogen (secondary N) is 1. The van der Waals surface area contributed by atoms with Crippen molar-refractivity contribution < 1.29 is 0 Å². The Morgan fingerprint density at radius 3 is 2.89 bits per heavy atom. The minimum absolute atomic E-state index is 0.204. The standard InChI is InChI=1S/C11H7N5S2/c1-17-11-14-9-3-2-7(4-10(9)18-11)15-16-8(5-12)6-13/h2-4,15H,1H3. The van der Waals surface area contributed by atoms with Crippen LogP contribution in [-0.2, 0) is 0 Å². The molecular weight excluding hydrogens is 266 g/mol. The highest BCUT2D eigenvalue weighted by atomic mass is 32.2. The van der Waals surface area contributed by atoms with Crippen LogP contribution in [-0.4, -0.2) is 17.0 Å². The van der Waals surface area contributed by atoms with E-state index in [1.165, 1.54) is 0 Å². The lowest BCUT2D eigenvalue weighted by Gasteiger charge is -1.98. The number of hydrogen-bond donors (Lipinski definition) is 1. The van der Waals surface area contributed by atoms with E-state index in [9.17, 15) is 0 Å². The first-order chi connectivity index (χ1) is 8.76. The van der Waals surface area contributed by atoms with Crippen LogP contribution in [0.25, 0.3) is 10.2 Å². The molecule has 1 N–H and O–H groups in total. The van der Waals surface area contributed by atoms with Gasteiger partial charge >= 0.3 is 0 Å². The molecule has 0 saturated heterocycles. The highest BCUT2D eigenvalue weighted by Crippen LogP contribution is 2.29. The number of aromatic nitrogens is 1. The Morgan fingerprint density at radius 2 is 2.22 bits per heavy atom. The van der Waals surface area contributed by atoms with Crippen molar-refractivity contribution in [2.45, 2.75) is 4.34 Å². The number of anilines is 1. The maximum absolute atomic E-state index is 8.56. The molecule has 0 amide bonds. The van der Waals surface area contributed by atoms with Crippen molar-refractivity contribution in [3.8, 4) is 12.1 Å². The van der Waals surface area contributed by atoms with Gasteiger partial charge in [0.1, 0.15) is 12.1 Å². The number of thioether (sulfide) groups is 1. The van der Waals surface area contributed by atoms with Crippen LogP contribution in [0.1, 0.15) is 0 Å². The Kier molecular flexibility index (Phi) is 3.78. The molecule has 0 unspecified atom stereocenters. The molecule has 7 heteroatoms. The lowest BCUT2D eigenvalue weighted by molar-refractivity contribution is 1.30. The van der Waals surface area contributed by atoms with E-state index in [-0.39, 0.29) is 5.71 Å². The van der Waals surface area contributed by atoms with E-state index in [1.807, 2.05) is 24.5 Å². The van der Waals surface area contributed by atoms with Gasteiger partial charge in [0.2, 0.25) is 5.71 Å². The quantitative estimate of drug-likeness (QED) is 0.528. The summed E-state index contributed by atoms with van der Waals surface area (Å²) < 4.78 is 2.04. The highest BCUT2D eigenvalue weighted by molar-refractivity contribution is 8.00. The van der Waals surface area contributed by atoms with Crippen molar-refractivity contribution in [3.63, 3.8) is 0 Å². The molecule has 2 rings (SSSR count). The topological polar surface area (TPSA) is 84.9 Å². The van der Waals surface area contributed by atoms with Crippen LogP contribution >= 0.6 is 23.1 Å². The summed E-state index contributed by atoms with van der Waals surface area (Å²) >= 11 is 3.19. The van der Waals surface area contributed by atoms with Crippen molar-refractivity contribution in [2.75, 3.05) is 11.7 Å². The molecule has 0 bridgehead atoms. The molecule has 18 heavy (non-hydrogen) atoms. The Morgan fingerprint density at radius 1 is 1.44 bits per heavy atom. The fourth-order valence-corrected chi connectivity index (χ4v) is 2.78. The van der Waals surface area contributed by atoms with Gasteiger partial charge in [-0.25, -0.2) is 4.98 Å². The zero-order chi connectivity index (χ0) is 13.0. The lowest BCUT2D eigenvalue weighted by atomic mass is 10.3. The molecule has 1 heterocycles. The Labute approximate surface area is 112 Å². The van der Waals surface area contributed by atoms with E-state index >= 15 is 0 Å². The second-order valence-electron chi connectivity index (χ2n) is 3.16. The van der Waals surface area contributed by atoms with Crippen LogP contribution in [0.4, 0.5) is 5.69 Å². The first kappa shape index (κ1) is 12.4. The predicted molar refractivity (Wildman–Crippen MR) is 73.7 cm³/mol. The van der Waals surface area contributed by atoms with Gasteiger partial charge in [-0.3, -0.25) is 5.43 Å². The van der Waals surface area contributed by atoms with E-state index in [1.54, 1.807) is 35.2 Å². The molecule has 0 aliphatic rings. The third-order valence-corrected chi connectivity index (χ3v) is 4.06. The summed E-state index contributed by atoms with van der Waals surface area (Å²) in [5, 5.41) is 20.8.